The number of carbonyl (C=O) groups is 2. The molecule has 8 heteroatoms. The molecule has 1 heterocycles. The van der Waals surface area contributed by atoms with Gasteiger partial charge in [-0.1, -0.05) is 36.4 Å². The van der Waals surface area contributed by atoms with E-state index in [2.05, 4.69) is 5.32 Å². The largest absolute Gasteiger partial charge is 0.493 e. The van der Waals surface area contributed by atoms with Gasteiger partial charge in [0.1, 0.15) is 0 Å². The predicted molar refractivity (Wildman–Crippen MR) is 112 cm³/mol. The number of furan rings is 1. The molecule has 2 N–H and O–H groups in total. The minimum absolute atomic E-state index is 0.0147. The van der Waals surface area contributed by atoms with Gasteiger partial charge in [-0.15, -0.1) is 0 Å². The molecule has 0 aliphatic carbocycles. The van der Waals surface area contributed by atoms with Crippen LogP contribution in [0.1, 0.15) is 16.1 Å². The van der Waals surface area contributed by atoms with Gasteiger partial charge in [0.05, 0.1) is 33.7 Å². The minimum Gasteiger partial charge on any atom is -0.493 e. The molecule has 0 aliphatic rings. The summed E-state index contributed by atoms with van der Waals surface area (Å²) in [5.41, 5.74) is 2.29. The third-order valence-electron chi connectivity index (χ3n) is 4.54. The van der Waals surface area contributed by atoms with Crippen molar-refractivity contribution >= 4 is 11.9 Å². The standard InChI is InChI=1S/C23H23NO7/c1-28-19-9-8-16(10-20(19)29-2)17-11-21(31-13-17)22(25)24-18(23(26)27)14-30-12-15-6-4-3-5-7-15/h3-11,13,18H,12,14H2,1-2H3,(H,24,25)(H,26,27)/t18-/m0/s1. The van der Waals surface area contributed by atoms with Gasteiger partial charge in [-0.2, -0.15) is 0 Å². The van der Waals surface area contributed by atoms with Gasteiger partial charge < -0.3 is 29.1 Å². The summed E-state index contributed by atoms with van der Waals surface area (Å²) in [4.78, 5) is 24.0. The van der Waals surface area contributed by atoms with E-state index in [0.29, 0.717) is 17.1 Å². The minimum atomic E-state index is -1.22. The number of carbonyl (C=O) groups excluding carboxylic acids is 1. The van der Waals surface area contributed by atoms with E-state index >= 15 is 0 Å². The molecule has 1 aromatic heterocycles. The van der Waals surface area contributed by atoms with Gasteiger partial charge in [0.15, 0.2) is 23.3 Å². The quantitative estimate of drug-likeness (QED) is 0.513. The lowest BCUT2D eigenvalue weighted by Gasteiger charge is -2.14. The first-order valence-electron chi connectivity index (χ1n) is 9.48. The van der Waals surface area contributed by atoms with Crippen molar-refractivity contribution in [1.29, 1.82) is 0 Å². The SMILES string of the molecule is COc1ccc(-c2coc(C(=O)N[C@@H](COCc3ccccc3)C(=O)O)c2)cc1OC. The third kappa shape index (κ3) is 5.64. The van der Waals surface area contributed by atoms with E-state index in [4.69, 9.17) is 18.6 Å². The zero-order chi connectivity index (χ0) is 22.2. The molecule has 0 unspecified atom stereocenters. The number of nitrogens with one attached hydrogen (secondary N) is 1. The fourth-order valence-electron chi connectivity index (χ4n) is 2.90. The number of carboxylic acids is 1. The lowest BCUT2D eigenvalue weighted by molar-refractivity contribution is -0.141. The first-order valence-corrected chi connectivity index (χ1v) is 9.48. The van der Waals surface area contributed by atoms with Crippen LogP contribution in [-0.2, 0) is 16.1 Å². The third-order valence-corrected chi connectivity index (χ3v) is 4.54. The van der Waals surface area contributed by atoms with Crippen molar-refractivity contribution in [2.24, 2.45) is 0 Å². The monoisotopic (exact) mass is 425 g/mol. The molecule has 0 spiro atoms. The van der Waals surface area contributed by atoms with E-state index in [1.807, 2.05) is 30.3 Å². The van der Waals surface area contributed by atoms with E-state index in [9.17, 15) is 14.7 Å². The summed E-state index contributed by atoms with van der Waals surface area (Å²) in [6, 6.07) is 14.9. The zero-order valence-electron chi connectivity index (χ0n) is 17.2. The Bertz CT molecular complexity index is 1030. The van der Waals surface area contributed by atoms with E-state index in [-0.39, 0.29) is 19.0 Å². The van der Waals surface area contributed by atoms with Crippen LogP contribution in [0.4, 0.5) is 0 Å². The summed E-state index contributed by atoms with van der Waals surface area (Å²) in [6.45, 7) is 0.0594. The zero-order valence-corrected chi connectivity index (χ0v) is 17.2. The van der Waals surface area contributed by atoms with E-state index in [0.717, 1.165) is 11.1 Å². The number of benzene rings is 2. The van der Waals surface area contributed by atoms with E-state index in [1.165, 1.54) is 19.4 Å². The Labute approximate surface area is 179 Å². The van der Waals surface area contributed by atoms with Crippen molar-refractivity contribution < 1.29 is 33.3 Å². The predicted octanol–water partition coefficient (Wildman–Crippen LogP) is 3.36. The molecule has 0 bridgehead atoms. The first-order chi connectivity index (χ1) is 15.0. The molecule has 0 aliphatic heterocycles. The topological polar surface area (TPSA) is 107 Å². The summed E-state index contributed by atoms with van der Waals surface area (Å²) >= 11 is 0. The summed E-state index contributed by atoms with van der Waals surface area (Å²) in [5, 5.41) is 11.8. The summed E-state index contributed by atoms with van der Waals surface area (Å²) in [5.74, 6) is -0.754. The Balaban J connectivity index is 1.64. The number of methoxy groups -OCH3 is 2. The molecule has 0 saturated heterocycles. The second-order valence-corrected chi connectivity index (χ2v) is 6.63. The average molecular weight is 425 g/mol. The highest BCUT2D eigenvalue weighted by Crippen LogP contribution is 2.33. The maximum Gasteiger partial charge on any atom is 0.328 e. The molecule has 0 saturated carbocycles. The fraction of sp³-hybridized carbons (Fsp3) is 0.217. The number of carboxylic acid groups (broad SMARTS) is 1. The van der Waals surface area contributed by atoms with E-state index < -0.39 is 17.9 Å². The second kappa shape index (κ2) is 10.3. The van der Waals surface area contributed by atoms with E-state index in [1.54, 1.807) is 25.3 Å². The molecular formula is C23H23NO7. The van der Waals surface area contributed by atoms with Gasteiger partial charge in [-0.25, -0.2) is 4.79 Å². The van der Waals surface area contributed by atoms with Crippen LogP contribution in [0.3, 0.4) is 0 Å². The summed E-state index contributed by atoms with van der Waals surface area (Å²) in [6.07, 6.45) is 1.41. The number of hydrogen-bond acceptors (Lipinski definition) is 6. The molecule has 0 fully saturated rings. The Hall–Kier alpha value is -3.78. The van der Waals surface area contributed by atoms with Crippen LogP contribution in [-0.4, -0.2) is 43.9 Å². The molecule has 8 nitrogen and oxygen atoms in total. The normalized spacial score (nSPS) is 11.5. The van der Waals surface area contributed by atoms with Crippen LogP contribution < -0.4 is 14.8 Å². The first kappa shape index (κ1) is 21.9. The van der Waals surface area contributed by atoms with Gasteiger partial charge in [-0.3, -0.25) is 4.79 Å². The molecule has 162 valence electrons. The van der Waals surface area contributed by atoms with Crippen LogP contribution >= 0.6 is 0 Å². The van der Waals surface area contributed by atoms with Crippen LogP contribution in [0.25, 0.3) is 11.1 Å². The van der Waals surface area contributed by atoms with Gasteiger partial charge in [-0.05, 0) is 29.3 Å². The Morgan fingerprint density at radius 1 is 1.00 bits per heavy atom. The van der Waals surface area contributed by atoms with Crippen LogP contribution in [0.15, 0.2) is 65.3 Å². The Kier molecular flexibility index (Phi) is 7.29. The van der Waals surface area contributed by atoms with Gasteiger partial charge >= 0.3 is 5.97 Å². The maximum absolute atomic E-state index is 12.5. The number of ether oxygens (including phenoxy) is 3. The molecule has 31 heavy (non-hydrogen) atoms. The van der Waals surface area contributed by atoms with Gasteiger partial charge in [0.25, 0.3) is 5.91 Å². The lowest BCUT2D eigenvalue weighted by atomic mass is 10.1. The van der Waals surface area contributed by atoms with Crippen LogP contribution in [0.5, 0.6) is 11.5 Å². The van der Waals surface area contributed by atoms with Crippen LogP contribution in [0, 0.1) is 0 Å². The highest BCUT2D eigenvalue weighted by atomic mass is 16.5. The van der Waals surface area contributed by atoms with Crippen molar-refractivity contribution in [3.05, 3.63) is 72.2 Å². The number of rotatable bonds is 10. The lowest BCUT2D eigenvalue weighted by Crippen LogP contribution is -2.43. The Morgan fingerprint density at radius 3 is 2.42 bits per heavy atom. The van der Waals surface area contributed by atoms with Crippen molar-refractivity contribution in [3.63, 3.8) is 0 Å². The molecule has 2 aromatic carbocycles. The fourth-order valence-corrected chi connectivity index (χ4v) is 2.90. The van der Waals surface area contributed by atoms with Crippen LogP contribution in [0.2, 0.25) is 0 Å². The number of aliphatic carboxylic acids is 1. The maximum atomic E-state index is 12.5. The van der Waals surface area contributed by atoms with Gasteiger partial charge in [0, 0.05) is 5.56 Å². The highest BCUT2D eigenvalue weighted by molar-refractivity contribution is 5.95. The molecule has 1 atom stereocenters. The molecule has 3 rings (SSSR count). The number of amides is 1. The smallest absolute Gasteiger partial charge is 0.328 e. The van der Waals surface area contributed by atoms with Gasteiger partial charge in [0.2, 0.25) is 0 Å². The average Bonchev–Trinajstić information content (AvgIpc) is 3.29. The van der Waals surface area contributed by atoms with Crippen molar-refractivity contribution in [1.82, 2.24) is 5.32 Å². The molecule has 0 radical (unpaired) electrons. The van der Waals surface area contributed by atoms with Crippen molar-refractivity contribution in [2.75, 3.05) is 20.8 Å². The summed E-state index contributed by atoms with van der Waals surface area (Å²) in [7, 11) is 3.07. The van der Waals surface area contributed by atoms with Crippen molar-refractivity contribution in [3.8, 4) is 22.6 Å². The Morgan fingerprint density at radius 2 is 1.74 bits per heavy atom. The van der Waals surface area contributed by atoms with Crippen molar-refractivity contribution in [2.45, 2.75) is 12.6 Å². The highest BCUT2D eigenvalue weighted by Gasteiger charge is 2.23. The second-order valence-electron chi connectivity index (χ2n) is 6.63. The molecular weight excluding hydrogens is 402 g/mol. The molecule has 3 aromatic rings. The number of hydrogen-bond donors (Lipinski definition) is 2. The molecule has 1 amide bonds. The summed E-state index contributed by atoms with van der Waals surface area (Å²) < 4.78 is 21.3.